The highest BCUT2D eigenvalue weighted by Crippen LogP contribution is 2.25. The second-order valence-corrected chi connectivity index (χ2v) is 5.83. The first-order chi connectivity index (χ1) is 9.56. The molecule has 4 nitrogen and oxygen atoms in total. The van der Waals surface area contributed by atoms with Crippen LogP contribution in [0.1, 0.15) is 25.8 Å². The van der Waals surface area contributed by atoms with Crippen molar-refractivity contribution in [2.24, 2.45) is 0 Å². The molecular weight excluding hydrogens is 274 g/mol. The Bertz CT molecular complexity index is 476. The van der Waals surface area contributed by atoms with Crippen LogP contribution in [0.25, 0.3) is 0 Å². The van der Waals surface area contributed by atoms with Gasteiger partial charge in [0.25, 0.3) is 0 Å². The highest BCUT2D eigenvalue weighted by molar-refractivity contribution is 6.30. The molecule has 0 unspecified atom stereocenters. The van der Waals surface area contributed by atoms with Crippen LogP contribution in [-0.2, 0) is 11.3 Å². The number of rotatable bonds is 4. The molecule has 1 heterocycles. The SMILES string of the molecule is CC(C)NCc1ccc(Cl)cc1N1CCNC(=O)CC1. The van der Waals surface area contributed by atoms with E-state index < -0.39 is 0 Å². The topological polar surface area (TPSA) is 44.4 Å². The van der Waals surface area contributed by atoms with Gasteiger partial charge in [-0.05, 0) is 17.7 Å². The van der Waals surface area contributed by atoms with E-state index in [9.17, 15) is 4.79 Å². The molecule has 1 amide bonds. The summed E-state index contributed by atoms with van der Waals surface area (Å²) in [6, 6.07) is 6.41. The summed E-state index contributed by atoms with van der Waals surface area (Å²) in [5, 5.41) is 7.07. The zero-order valence-electron chi connectivity index (χ0n) is 12.1. The molecule has 110 valence electrons. The quantitative estimate of drug-likeness (QED) is 0.895. The van der Waals surface area contributed by atoms with E-state index in [1.165, 1.54) is 5.56 Å². The molecule has 1 aromatic carbocycles. The third-order valence-corrected chi connectivity index (χ3v) is 3.64. The van der Waals surface area contributed by atoms with E-state index in [1.807, 2.05) is 12.1 Å². The maximum absolute atomic E-state index is 11.5. The van der Waals surface area contributed by atoms with Gasteiger partial charge in [0.2, 0.25) is 5.91 Å². The van der Waals surface area contributed by atoms with E-state index in [1.54, 1.807) is 0 Å². The Morgan fingerprint density at radius 1 is 1.40 bits per heavy atom. The van der Waals surface area contributed by atoms with Crippen LogP contribution in [0.15, 0.2) is 18.2 Å². The monoisotopic (exact) mass is 295 g/mol. The number of hydrogen-bond donors (Lipinski definition) is 2. The molecule has 1 aliphatic heterocycles. The van der Waals surface area contributed by atoms with Crippen LogP contribution < -0.4 is 15.5 Å². The average molecular weight is 296 g/mol. The first-order valence-corrected chi connectivity index (χ1v) is 7.47. The number of halogens is 1. The van der Waals surface area contributed by atoms with Crippen molar-refractivity contribution >= 4 is 23.2 Å². The largest absolute Gasteiger partial charge is 0.369 e. The van der Waals surface area contributed by atoms with Crippen molar-refractivity contribution in [2.75, 3.05) is 24.5 Å². The van der Waals surface area contributed by atoms with Crippen LogP contribution in [0.3, 0.4) is 0 Å². The highest BCUT2D eigenvalue weighted by Gasteiger charge is 2.16. The summed E-state index contributed by atoms with van der Waals surface area (Å²) < 4.78 is 0. The van der Waals surface area contributed by atoms with Crippen molar-refractivity contribution in [3.05, 3.63) is 28.8 Å². The third kappa shape index (κ3) is 4.12. The molecule has 0 aliphatic carbocycles. The lowest BCUT2D eigenvalue weighted by Gasteiger charge is -2.25. The molecule has 1 aliphatic rings. The van der Waals surface area contributed by atoms with Crippen molar-refractivity contribution in [1.82, 2.24) is 10.6 Å². The van der Waals surface area contributed by atoms with Crippen LogP contribution in [-0.4, -0.2) is 31.6 Å². The fourth-order valence-electron chi connectivity index (χ4n) is 2.30. The Morgan fingerprint density at radius 2 is 2.20 bits per heavy atom. The van der Waals surface area contributed by atoms with Gasteiger partial charge in [-0.25, -0.2) is 0 Å². The van der Waals surface area contributed by atoms with Gasteiger partial charge in [0.1, 0.15) is 0 Å². The van der Waals surface area contributed by atoms with Gasteiger partial charge in [-0.15, -0.1) is 0 Å². The van der Waals surface area contributed by atoms with Crippen LogP contribution in [0.5, 0.6) is 0 Å². The summed E-state index contributed by atoms with van der Waals surface area (Å²) >= 11 is 6.14. The van der Waals surface area contributed by atoms with Gasteiger partial charge in [-0.2, -0.15) is 0 Å². The normalized spacial score (nSPS) is 16.2. The fraction of sp³-hybridized carbons (Fsp3) is 0.533. The van der Waals surface area contributed by atoms with E-state index in [0.717, 1.165) is 30.3 Å². The Kier molecular flexibility index (Phi) is 5.26. The minimum absolute atomic E-state index is 0.122. The highest BCUT2D eigenvalue weighted by atomic mass is 35.5. The number of nitrogens with zero attached hydrogens (tertiary/aromatic N) is 1. The molecule has 1 aromatic rings. The summed E-state index contributed by atoms with van der Waals surface area (Å²) in [5.74, 6) is 0.122. The van der Waals surface area contributed by atoms with Crippen LogP contribution in [0, 0.1) is 0 Å². The lowest BCUT2D eigenvalue weighted by molar-refractivity contribution is -0.120. The molecule has 1 fully saturated rings. The maximum atomic E-state index is 11.5. The van der Waals surface area contributed by atoms with Gasteiger partial charge in [0, 0.05) is 49.4 Å². The predicted octanol–water partition coefficient (Wildman–Crippen LogP) is 2.16. The van der Waals surface area contributed by atoms with Crippen molar-refractivity contribution in [3.8, 4) is 0 Å². The van der Waals surface area contributed by atoms with Crippen molar-refractivity contribution in [2.45, 2.75) is 32.9 Å². The van der Waals surface area contributed by atoms with Gasteiger partial charge < -0.3 is 15.5 Å². The molecule has 0 atom stereocenters. The zero-order valence-corrected chi connectivity index (χ0v) is 12.8. The average Bonchev–Trinajstić information content (AvgIpc) is 2.62. The summed E-state index contributed by atoms with van der Waals surface area (Å²) in [6.07, 6.45) is 0.531. The third-order valence-electron chi connectivity index (χ3n) is 3.40. The van der Waals surface area contributed by atoms with Gasteiger partial charge in [0.15, 0.2) is 0 Å². The van der Waals surface area contributed by atoms with Crippen LogP contribution in [0.2, 0.25) is 5.02 Å². The maximum Gasteiger partial charge on any atom is 0.221 e. The molecule has 1 saturated heterocycles. The molecule has 0 saturated carbocycles. The standard InChI is InChI=1S/C15H22ClN3O/c1-11(2)18-10-12-3-4-13(16)9-14(12)19-7-5-15(20)17-6-8-19/h3-4,9,11,18H,5-8,10H2,1-2H3,(H,17,20). The fourth-order valence-corrected chi connectivity index (χ4v) is 2.47. The first kappa shape index (κ1) is 15.1. The molecule has 0 spiro atoms. The summed E-state index contributed by atoms with van der Waals surface area (Å²) in [6.45, 7) is 7.31. The van der Waals surface area contributed by atoms with Gasteiger partial charge in [-0.3, -0.25) is 4.79 Å². The van der Waals surface area contributed by atoms with Gasteiger partial charge in [-0.1, -0.05) is 31.5 Å². The molecule has 2 rings (SSSR count). The number of anilines is 1. The Labute approximate surface area is 125 Å². The van der Waals surface area contributed by atoms with E-state index in [2.05, 4.69) is 35.4 Å². The Hall–Kier alpha value is -1.26. The summed E-state index contributed by atoms with van der Waals surface area (Å²) in [5.41, 5.74) is 2.35. The lowest BCUT2D eigenvalue weighted by Crippen LogP contribution is -2.30. The van der Waals surface area contributed by atoms with Gasteiger partial charge in [0.05, 0.1) is 0 Å². The smallest absolute Gasteiger partial charge is 0.221 e. The van der Waals surface area contributed by atoms with Crippen molar-refractivity contribution < 1.29 is 4.79 Å². The lowest BCUT2D eigenvalue weighted by atomic mass is 10.1. The number of carbonyl (C=O) groups is 1. The summed E-state index contributed by atoms with van der Waals surface area (Å²) in [7, 11) is 0. The first-order valence-electron chi connectivity index (χ1n) is 7.09. The van der Waals surface area contributed by atoms with E-state index in [-0.39, 0.29) is 5.91 Å². The van der Waals surface area contributed by atoms with Crippen LogP contribution in [0.4, 0.5) is 5.69 Å². The van der Waals surface area contributed by atoms with E-state index >= 15 is 0 Å². The second-order valence-electron chi connectivity index (χ2n) is 5.40. The molecular formula is C15H22ClN3O. The zero-order chi connectivity index (χ0) is 14.5. The number of carbonyl (C=O) groups excluding carboxylic acids is 1. The molecule has 5 heteroatoms. The predicted molar refractivity (Wildman–Crippen MR) is 83.3 cm³/mol. The minimum Gasteiger partial charge on any atom is -0.369 e. The number of amides is 1. The number of benzene rings is 1. The van der Waals surface area contributed by atoms with Gasteiger partial charge >= 0.3 is 0 Å². The molecule has 0 aromatic heterocycles. The van der Waals surface area contributed by atoms with Crippen molar-refractivity contribution in [1.29, 1.82) is 0 Å². The van der Waals surface area contributed by atoms with Crippen LogP contribution >= 0.6 is 11.6 Å². The van der Waals surface area contributed by atoms with E-state index in [0.29, 0.717) is 19.0 Å². The number of nitrogens with one attached hydrogen (secondary N) is 2. The number of hydrogen-bond acceptors (Lipinski definition) is 3. The molecule has 2 N–H and O–H groups in total. The molecule has 0 radical (unpaired) electrons. The van der Waals surface area contributed by atoms with E-state index in [4.69, 9.17) is 11.6 Å². The Morgan fingerprint density at radius 3 is 2.95 bits per heavy atom. The molecule has 20 heavy (non-hydrogen) atoms. The van der Waals surface area contributed by atoms with Crippen molar-refractivity contribution in [3.63, 3.8) is 0 Å². The Balaban J connectivity index is 2.19. The second kappa shape index (κ2) is 6.95. The molecule has 0 bridgehead atoms. The minimum atomic E-state index is 0.122. The summed E-state index contributed by atoms with van der Waals surface area (Å²) in [4.78, 5) is 13.7.